The Labute approximate surface area is 231 Å². The summed E-state index contributed by atoms with van der Waals surface area (Å²) in [6.07, 6.45) is 0.854. The van der Waals surface area contributed by atoms with Crippen molar-refractivity contribution >= 4 is 29.3 Å². The summed E-state index contributed by atoms with van der Waals surface area (Å²) in [4.78, 5) is 27.7. The van der Waals surface area contributed by atoms with Gasteiger partial charge in [0.25, 0.3) is 5.91 Å². The van der Waals surface area contributed by atoms with Crippen molar-refractivity contribution in [2.75, 3.05) is 30.9 Å². The van der Waals surface area contributed by atoms with Gasteiger partial charge in [0.05, 0.1) is 26.0 Å². The summed E-state index contributed by atoms with van der Waals surface area (Å²) in [5.41, 5.74) is 3.47. The van der Waals surface area contributed by atoms with Crippen LogP contribution in [0, 0.1) is 0 Å². The molecular weight excluding hydrogens is 514 g/mol. The molecule has 1 aromatic heterocycles. The van der Waals surface area contributed by atoms with E-state index in [0.29, 0.717) is 35.4 Å². The summed E-state index contributed by atoms with van der Waals surface area (Å²) in [6, 6.07) is 22.4. The van der Waals surface area contributed by atoms with E-state index in [1.54, 1.807) is 31.4 Å². The van der Waals surface area contributed by atoms with Crippen LogP contribution in [0.2, 0.25) is 0 Å². The van der Waals surface area contributed by atoms with Crippen molar-refractivity contribution in [2.45, 2.75) is 25.0 Å². The molecule has 9 nitrogen and oxygen atoms in total. The van der Waals surface area contributed by atoms with Gasteiger partial charge in [-0.3, -0.25) is 14.2 Å². The zero-order valence-electron chi connectivity index (χ0n) is 21.8. The van der Waals surface area contributed by atoms with Gasteiger partial charge in [0.1, 0.15) is 11.5 Å². The first-order chi connectivity index (χ1) is 19.1. The van der Waals surface area contributed by atoms with Crippen LogP contribution in [0.4, 0.5) is 5.69 Å². The normalized spacial score (nSPS) is 12.2. The van der Waals surface area contributed by atoms with E-state index in [-0.39, 0.29) is 24.1 Å². The number of hydrogen-bond acceptors (Lipinski definition) is 7. The summed E-state index contributed by atoms with van der Waals surface area (Å²) in [5.74, 6) is 1.96. The Hall–Kier alpha value is -4.31. The minimum absolute atomic E-state index is 0.0144. The molecular formula is C29H29N5O4S. The number of nitrogens with zero attached hydrogens (tertiary/aromatic N) is 4. The van der Waals surface area contributed by atoms with E-state index in [1.165, 1.54) is 17.3 Å². The second-order valence-corrected chi connectivity index (χ2v) is 9.73. The van der Waals surface area contributed by atoms with Gasteiger partial charge < -0.3 is 19.7 Å². The molecule has 4 aromatic rings. The van der Waals surface area contributed by atoms with Gasteiger partial charge in [-0.1, -0.05) is 30.0 Å². The van der Waals surface area contributed by atoms with Gasteiger partial charge in [-0.05, 0) is 73.5 Å². The number of para-hydroxylation sites is 1. The predicted molar refractivity (Wildman–Crippen MR) is 150 cm³/mol. The zero-order valence-corrected chi connectivity index (χ0v) is 22.6. The highest BCUT2D eigenvalue weighted by Gasteiger charge is 2.25. The molecule has 2 heterocycles. The maximum Gasteiger partial charge on any atom is 0.251 e. The molecule has 0 saturated heterocycles. The Morgan fingerprint density at radius 1 is 0.974 bits per heavy atom. The molecule has 0 atom stereocenters. The second-order valence-electron chi connectivity index (χ2n) is 8.79. The lowest BCUT2D eigenvalue weighted by Gasteiger charge is -2.17. The maximum absolute atomic E-state index is 13.1. The van der Waals surface area contributed by atoms with Gasteiger partial charge in [-0.2, -0.15) is 0 Å². The molecule has 0 aliphatic carbocycles. The number of amides is 2. The number of benzene rings is 3. The second kappa shape index (κ2) is 12.0. The number of carbonyl (C=O) groups excluding carboxylic acids is 2. The van der Waals surface area contributed by atoms with Gasteiger partial charge in [0.15, 0.2) is 11.0 Å². The fourth-order valence-electron chi connectivity index (χ4n) is 4.43. The number of anilines is 1. The fraction of sp³-hybridized carbons (Fsp3) is 0.241. The molecule has 5 rings (SSSR count). The van der Waals surface area contributed by atoms with Crippen molar-refractivity contribution in [1.29, 1.82) is 0 Å². The van der Waals surface area contributed by atoms with E-state index in [4.69, 9.17) is 9.47 Å². The quantitative estimate of drug-likeness (QED) is 0.298. The van der Waals surface area contributed by atoms with E-state index >= 15 is 0 Å². The number of fused-ring (bicyclic) bond motifs is 1. The molecule has 39 heavy (non-hydrogen) atoms. The number of thioether (sulfide) groups is 1. The molecule has 0 unspecified atom stereocenters. The van der Waals surface area contributed by atoms with Gasteiger partial charge in [0, 0.05) is 23.5 Å². The Kier molecular flexibility index (Phi) is 8.12. The number of ether oxygens (including phenoxy) is 2. The number of carbonyl (C=O) groups is 2. The fourth-order valence-corrected chi connectivity index (χ4v) is 5.28. The molecule has 10 heteroatoms. The lowest BCUT2D eigenvalue weighted by atomic mass is 10.2. The lowest BCUT2D eigenvalue weighted by molar-refractivity contribution is -0.116. The Balaban J connectivity index is 1.34. The molecule has 0 fully saturated rings. The van der Waals surface area contributed by atoms with Crippen molar-refractivity contribution in [3.63, 3.8) is 0 Å². The third-order valence-electron chi connectivity index (χ3n) is 6.38. The highest BCUT2D eigenvalue weighted by atomic mass is 32.2. The highest BCUT2D eigenvalue weighted by Crippen LogP contribution is 2.29. The molecule has 0 bridgehead atoms. The highest BCUT2D eigenvalue weighted by molar-refractivity contribution is 7.99. The van der Waals surface area contributed by atoms with E-state index in [9.17, 15) is 9.59 Å². The van der Waals surface area contributed by atoms with Crippen LogP contribution in [0.25, 0.3) is 5.69 Å². The first kappa shape index (κ1) is 26.3. The molecule has 3 aromatic carbocycles. The Morgan fingerprint density at radius 3 is 2.46 bits per heavy atom. The number of methoxy groups -OCH3 is 1. The largest absolute Gasteiger partial charge is 0.497 e. The number of nitrogens with one attached hydrogen (secondary N) is 1. The van der Waals surface area contributed by atoms with E-state index < -0.39 is 0 Å². The van der Waals surface area contributed by atoms with Crippen molar-refractivity contribution in [3.05, 3.63) is 89.7 Å². The molecule has 0 radical (unpaired) electrons. The van der Waals surface area contributed by atoms with Crippen molar-refractivity contribution in [3.8, 4) is 17.2 Å². The molecule has 0 saturated carbocycles. The van der Waals surface area contributed by atoms with Crippen LogP contribution >= 0.6 is 11.8 Å². The van der Waals surface area contributed by atoms with Crippen LogP contribution in [0.1, 0.15) is 28.7 Å². The third kappa shape index (κ3) is 5.91. The molecule has 1 N–H and O–H groups in total. The molecule has 1 aliphatic heterocycles. The van der Waals surface area contributed by atoms with Crippen LogP contribution in [0.15, 0.2) is 78.0 Å². The third-order valence-corrected chi connectivity index (χ3v) is 7.29. The van der Waals surface area contributed by atoms with Crippen molar-refractivity contribution < 1.29 is 19.1 Å². The SMILES string of the molecule is CCOc1ccc(-n2c(CNC(=O)c3ccc(OC)cc3)nnc2SCC(=O)N2CCc3ccccc32)cc1. The van der Waals surface area contributed by atoms with Crippen molar-refractivity contribution in [1.82, 2.24) is 20.1 Å². The number of hydrogen-bond donors (Lipinski definition) is 1. The summed E-state index contributed by atoms with van der Waals surface area (Å²) in [5, 5.41) is 12.2. The summed E-state index contributed by atoms with van der Waals surface area (Å²) >= 11 is 1.32. The summed E-state index contributed by atoms with van der Waals surface area (Å²) in [7, 11) is 1.58. The van der Waals surface area contributed by atoms with Crippen molar-refractivity contribution in [2.24, 2.45) is 0 Å². The van der Waals surface area contributed by atoms with Crippen LogP contribution in [0.3, 0.4) is 0 Å². The average Bonchev–Trinajstić information content (AvgIpc) is 3.59. The standard InChI is InChI=1S/C29H29N5O4S/c1-3-38-24-14-10-22(11-15-24)34-26(18-30-28(36)21-8-12-23(37-2)13-9-21)31-32-29(34)39-19-27(35)33-17-16-20-6-4-5-7-25(20)33/h4-15H,3,16-19H2,1-2H3,(H,30,36). The smallest absolute Gasteiger partial charge is 0.251 e. The van der Waals surface area contributed by atoms with Crippen LogP contribution in [-0.4, -0.2) is 52.6 Å². The average molecular weight is 544 g/mol. The predicted octanol–water partition coefficient (Wildman–Crippen LogP) is 4.29. The zero-order chi connectivity index (χ0) is 27.2. The number of rotatable bonds is 10. The van der Waals surface area contributed by atoms with Gasteiger partial charge >= 0.3 is 0 Å². The minimum Gasteiger partial charge on any atom is -0.497 e. The summed E-state index contributed by atoms with van der Waals surface area (Å²) in [6.45, 7) is 3.32. The summed E-state index contributed by atoms with van der Waals surface area (Å²) < 4.78 is 12.6. The van der Waals surface area contributed by atoms with Crippen LogP contribution in [-0.2, 0) is 17.8 Å². The van der Waals surface area contributed by atoms with E-state index in [1.807, 2.05) is 58.9 Å². The van der Waals surface area contributed by atoms with Gasteiger partial charge in [0.2, 0.25) is 5.91 Å². The molecule has 200 valence electrons. The topological polar surface area (TPSA) is 98.6 Å². The number of aromatic nitrogens is 3. The molecule has 2 amide bonds. The minimum atomic E-state index is -0.240. The maximum atomic E-state index is 13.1. The van der Waals surface area contributed by atoms with Gasteiger partial charge in [-0.15, -0.1) is 10.2 Å². The Morgan fingerprint density at radius 2 is 1.72 bits per heavy atom. The molecule has 0 spiro atoms. The van der Waals surface area contributed by atoms with Crippen LogP contribution in [0.5, 0.6) is 11.5 Å². The Bertz CT molecular complexity index is 1450. The first-order valence-electron chi connectivity index (χ1n) is 12.7. The van der Waals surface area contributed by atoms with Gasteiger partial charge in [-0.25, -0.2) is 0 Å². The van der Waals surface area contributed by atoms with E-state index in [2.05, 4.69) is 21.6 Å². The lowest BCUT2D eigenvalue weighted by Crippen LogP contribution is -2.30. The molecule has 1 aliphatic rings. The van der Waals surface area contributed by atoms with E-state index in [0.717, 1.165) is 23.5 Å². The monoisotopic (exact) mass is 543 g/mol. The first-order valence-corrected chi connectivity index (χ1v) is 13.7. The van der Waals surface area contributed by atoms with Crippen LogP contribution < -0.4 is 19.7 Å².